The lowest BCUT2D eigenvalue weighted by atomic mass is 10.5. The van der Waals surface area contributed by atoms with Crippen molar-refractivity contribution in [3.63, 3.8) is 0 Å². The number of amides is 2. The highest BCUT2D eigenvalue weighted by Gasteiger charge is 2.13. The van der Waals surface area contributed by atoms with Crippen molar-refractivity contribution in [1.29, 1.82) is 0 Å². The Morgan fingerprint density at radius 1 is 1.22 bits per heavy atom. The lowest BCUT2D eigenvalue weighted by molar-refractivity contribution is -0.136. The summed E-state index contributed by atoms with van der Waals surface area (Å²) in [7, 11) is 0. The third-order valence-electron chi connectivity index (χ3n) is 1.76. The van der Waals surface area contributed by atoms with Crippen molar-refractivity contribution < 1.29 is 19.4 Å². The zero-order valence-corrected chi connectivity index (χ0v) is 9.63. The molecule has 0 radical (unpaired) electrons. The van der Waals surface area contributed by atoms with Crippen molar-refractivity contribution >= 4 is 17.8 Å². The Kier molecular flexibility index (Phi) is 6.30. The summed E-state index contributed by atoms with van der Waals surface area (Å²) >= 11 is 0. The van der Waals surface area contributed by atoms with Crippen molar-refractivity contribution in [3.8, 4) is 0 Å². The molecule has 1 rings (SSSR count). The van der Waals surface area contributed by atoms with Gasteiger partial charge in [-0.1, -0.05) is 0 Å². The lowest BCUT2D eigenvalue weighted by Gasteiger charge is -2.05. The van der Waals surface area contributed by atoms with E-state index in [1.807, 2.05) is 0 Å². The van der Waals surface area contributed by atoms with Gasteiger partial charge in [0, 0.05) is 18.9 Å². The fraction of sp³-hybridized carbons (Fsp3) is 0.400. The van der Waals surface area contributed by atoms with Crippen LogP contribution >= 0.6 is 0 Å². The van der Waals surface area contributed by atoms with Gasteiger partial charge in [-0.15, -0.1) is 0 Å². The highest BCUT2D eigenvalue weighted by atomic mass is 16.5. The molecule has 1 aromatic heterocycles. The van der Waals surface area contributed by atoms with Crippen molar-refractivity contribution in [2.45, 2.75) is 0 Å². The van der Waals surface area contributed by atoms with Crippen LogP contribution in [0.4, 0.5) is 5.95 Å². The Morgan fingerprint density at radius 2 is 1.94 bits per heavy atom. The molecule has 1 heterocycles. The largest absolute Gasteiger partial charge is 0.394 e. The molecular formula is C10H14N4O4. The molecule has 2 amide bonds. The van der Waals surface area contributed by atoms with Gasteiger partial charge in [-0.2, -0.15) is 0 Å². The van der Waals surface area contributed by atoms with Crippen LogP contribution in [0.3, 0.4) is 0 Å². The Morgan fingerprint density at radius 3 is 2.61 bits per heavy atom. The summed E-state index contributed by atoms with van der Waals surface area (Å²) in [4.78, 5) is 30.1. The second-order valence-electron chi connectivity index (χ2n) is 3.12. The van der Waals surface area contributed by atoms with Crippen LogP contribution < -0.4 is 10.6 Å². The average molecular weight is 254 g/mol. The first kappa shape index (κ1) is 14.0. The van der Waals surface area contributed by atoms with Crippen LogP contribution in [0, 0.1) is 0 Å². The van der Waals surface area contributed by atoms with Gasteiger partial charge in [0.1, 0.15) is 0 Å². The number of hydrogen-bond donors (Lipinski definition) is 3. The van der Waals surface area contributed by atoms with E-state index in [1.54, 1.807) is 6.07 Å². The molecule has 1 aromatic rings. The SMILES string of the molecule is O=C(NCCOCCO)C(=O)Nc1ncccn1. The monoisotopic (exact) mass is 254 g/mol. The molecule has 0 aliphatic heterocycles. The van der Waals surface area contributed by atoms with E-state index in [9.17, 15) is 9.59 Å². The molecule has 3 N–H and O–H groups in total. The van der Waals surface area contributed by atoms with E-state index in [-0.39, 0.29) is 32.3 Å². The van der Waals surface area contributed by atoms with Crippen LogP contribution in [0.5, 0.6) is 0 Å². The van der Waals surface area contributed by atoms with E-state index in [2.05, 4.69) is 20.6 Å². The summed E-state index contributed by atoms with van der Waals surface area (Å²) in [6, 6.07) is 1.59. The van der Waals surface area contributed by atoms with E-state index >= 15 is 0 Å². The second kappa shape index (κ2) is 8.09. The van der Waals surface area contributed by atoms with Crippen molar-refractivity contribution in [1.82, 2.24) is 15.3 Å². The van der Waals surface area contributed by atoms with Gasteiger partial charge in [0.25, 0.3) is 0 Å². The number of carbonyl (C=O) groups is 2. The standard InChI is InChI=1S/C10H14N4O4/c15-5-7-18-6-4-11-8(16)9(17)14-10-12-2-1-3-13-10/h1-3,15H,4-7H2,(H,11,16)(H,12,13,14,17). The minimum atomic E-state index is -0.844. The number of aliphatic hydroxyl groups is 1. The predicted octanol–water partition coefficient (Wildman–Crippen LogP) is -1.46. The number of aromatic nitrogens is 2. The van der Waals surface area contributed by atoms with E-state index in [0.29, 0.717) is 0 Å². The number of rotatable bonds is 6. The molecule has 0 bridgehead atoms. The number of ether oxygens (including phenoxy) is 1. The average Bonchev–Trinajstić information content (AvgIpc) is 2.39. The first-order valence-corrected chi connectivity index (χ1v) is 5.29. The molecule has 0 unspecified atom stereocenters. The first-order valence-electron chi connectivity index (χ1n) is 5.29. The van der Waals surface area contributed by atoms with Crippen LogP contribution in [0.1, 0.15) is 0 Å². The molecule has 0 aliphatic carbocycles. The highest BCUT2D eigenvalue weighted by Crippen LogP contribution is 1.93. The minimum Gasteiger partial charge on any atom is -0.394 e. The summed E-state index contributed by atoms with van der Waals surface area (Å²) in [5, 5.41) is 13.0. The summed E-state index contributed by atoms with van der Waals surface area (Å²) < 4.78 is 4.91. The summed E-state index contributed by atoms with van der Waals surface area (Å²) in [6.45, 7) is 0.517. The molecule has 0 fully saturated rings. The molecule has 0 saturated carbocycles. The zero-order chi connectivity index (χ0) is 13.2. The third kappa shape index (κ3) is 5.32. The number of nitrogens with one attached hydrogen (secondary N) is 2. The Hall–Kier alpha value is -2.06. The number of nitrogens with zero attached hydrogens (tertiary/aromatic N) is 2. The van der Waals surface area contributed by atoms with Gasteiger partial charge >= 0.3 is 11.8 Å². The Balaban J connectivity index is 2.23. The zero-order valence-electron chi connectivity index (χ0n) is 9.63. The van der Waals surface area contributed by atoms with Gasteiger partial charge in [0.05, 0.1) is 19.8 Å². The molecule has 0 saturated heterocycles. The van der Waals surface area contributed by atoms with Gasteiger partial charge in [-0.05, 0) is 6.07 Å². The predicted molar refractivity (Wildman–Crippen MR) is 61.6 cm³/mol. The molecule has 8 heteroatoms. The van der Waals surface area contributed by atoms with Crippen LogP contribution in [0.25, 0.3) is 0 Å². The molecule has 0 spiro atoms. The minimum absolute atomic E-state index is 0.0641. The number of hydrogen-bond acceptors (Lipinski definition) is 6. The highest BCUT2D eigenvalue weighted by molar-refractivity contribution is 6.39. The van der Waals surface area contributed by atoms with Crippen molar-refractivity contribution in [3.05, 3.63) is 18.5 Å². The maximum atomic E-state index is 11.3. The maximum Gasteiger partial charge on any atom is 0.316 e. The quantitative estimate of drug-likeness (QED) is 0.422. The third-order valence-corrected chi connectivity index (χ3v) is 1.76. The molecule has 0 aliphatic rings. The van der Waals surface area contributed by atoms with Crippen molar-refractivity contribution in [2.75, 3.05) is 31.7 Å². The second-order valence-corrected chi connectivity index (χ2v) is 3.12. The van der Waals surface area contributed by atoms with Crippen molar-refractivity contribution in [2.24, 2.45) is 0 Å². The van der Waals surface area contributed by atoms with E-state index in [4.69, 9.17) is 9.84 Å². The van der Waals surface area contributed by atoms with Gasteiger partial charge in [-0.3, -0.25) is 14.9 Å². The lowest BCUT2D eigenvalue weighted by Crippen LogP contribution is -2.37. The van der Waals surface area contributed by atoms with E-state index < -0.39 is 11.8 Å². The maximum absolute atomic E-state index is 11.3. The fourth-order valence-corrected chi connectivity index (χ4v) is 1.01. The fourth-order valence-electron chi connectivity index (χ4n) is 1.01. The van der Waals surface area contributed by atoms with Gasteiger partial charge in [0.15, 0.2) is 0 Å². The Bertz CT molecular complexity index is 385. The number of carbonyl (C=O) groups excluding carboxylic acids is 2. The first-order chi connectivity index (χ1) is 8.74. The van der Waals surface area contributed by atoms with Crippen LogP contribution in [-0.4, -0.2) is 53.3 Å². The molecule has 0 aromatic carbocycles. The molecular weight excluding hydrogens is 240 g/mol. The van der Waals surface area contributed by atoms with Gasteiger partial charge in [-0.25, -0.2) is 9.97 Å². The summed E-state index contributed by atoms with van der Waals surface area (Å²) in [5.74, 6) is -1.58. The van der Waals surface area contributed by atoms with E-state index in [1.165, 1.54) is 12.4 Å². The van der Waals surface area contributed by atoms with Gasteiger partial charge in [0.2, 0.25) is 5.95 Å². The van der Waals surface area contributed by atoms with Crippen LogP contribution in [0.2, 0.25) is 0 Å². The number of aliphatic hydroxyl groups excluding tert-OH is 1. The molecule has 8 nitrogen and oxygen atoms in total. The summed E-state index contributed by atoms with van der Waals surface area (Å²) in [6.07, 6.45) is 2.90. The smallest absolute Gasteiger partial charge is 0.316 e. The summed E-state index contributed by atoms with van der Waals surface area (Å²) in [5.41, 5.74) is 0. The van der Waals surface area contributed by atoms with Gasteiger partial charge < -0.3 is 15.2 Å². The molecule has 0 atom stereocenters. The topological polar surface area (TPSA) is 113 Å². The van der Waals surface area contributed by atoms with Crippen LogP contribution in [-0.2, 0) is 14.3 Å². The Labute approximate surface area is 103 Å². The van der Waals surface area contributed by atoms with Crippen LogP contribution in [0.15, 0.2) is 18.5 Å². The molecule has 18 heavy (non-hydrogen) atoms. The van der Waals surface area contributed by atoms with E-state index in [0.717, 1.165) is 0 Å². The number of anilines is 1. The normalized spacial score (nSPS) is 9.83. The molecule has 98 valence electrons.